The van der Waals surface area contributed by atoms with Gasteiger partial charge in [0.25, 0.3) is 5.56 Å². The van der Waals surface area contributed by atoms with E-state index in [0.717, 1.165) is 12.8 Å². The summed E-state index contributed by atoms with van der Waals surface area (Å²) >= 11 is 0. The molecule has 6 nitrogen and oxygen atoms in total. The summed E-state index contributed by atoms with van der Waals surface area (Å²) in [5.74, 6) is 0.508. The Morgan fingerprint density at radius 3 is 2.55 bits per heavy atom. The van der Waals surface area contributed by atoms with Crippen molar-refractivity contribution in [2.24, 2.45) is 11.3 Å². The largest absolute Gasteiger partial charge is 0.383 e. The first-order valence-corrected chi connectivity index (χ1v) is 7.19. The zero-order valence-corrected chi connectivity index (χ0v) is 12.5. The van der Waals surface area contributed by atoms with Crippen LogP contribution >= 0.6 is 0 Å². The number of rotatable bonds is 5. The molecule has 4 N–H and O–H groups in total. The maximum absolute atomic E-state index is 11.9. The fourth-order valence-electron chi connectivity index (χ4n) is 2.56. The highest BCUT2D eigenvalue weighted by atomic mass is 16.2. The summed E-state index contributed by atoms with van der Waals surface area (Å²) in [5, 5.41) is 3.14. The van der Waals surface area contributed by atoms with E-state index in [4.69, 9.17) is 5.73 Å². The molecule has 112 valence electrons. The number of hydrogen-bond acceptors (Lipinski definition) is 4. The summed E-state index contributed by atoms with van der Waals surface area (Å²) in [4.78, 5) is 26.1. The number of hydrogen-bond donors (Lipinski definition) is 3. The Morgan fingerprint density at radius 2 is 2.05 bits per heavy atom. The molecule has 0 radical (unpaired) electrons. The molecule has 0 spiro atoms. The van der Waals surface area contributed by atoms with E-state index in [0.29, 0.717) is 18.8 Å². The molecule has 1 saturated carbocycles. The second kappa shape index (κ2) is 5.34. The minimum Gasteiger partial charge on any atom is -0.383 e. The minimum absolute atomic E-state index is 0.232. The zero-order chi connectivity index (χ0) is 14.9. The molecule has 0 unspecified atom stereocenters. The van der Waals surface area contributed by atoms with Gasteiger partial charge in [-0.2, -0.15) is 0 Å². The van der Waals surface area contributed by atoms with Crippen molar-refractivity contribution in [3.63, 3.8) is 0 Å². The van der Waals surface area contributed by atoms with Gasteiger partial charge in [-0.1, -0.05) is 27.2 Å². The molecule has 1 aliphatic rings. The van der Waals surface area contributed by atoms with Gasteiger partial charge in [0.05, 0.1) is 0 Å². The van der Waals surface area contributed by atoms with Gasteiger partial charge in [-0.15, -0.1) is 0 Å². The third-order valence-electron chi connectivity index (χ3n) is 4.04. The van der Waals surface area contributed by atoms with E-state index in [1.807, 2.05) is 13.8 Å². The van der Waals surface area contributed by atoms with Crippen LogP contribution in [0.25, 0.3) is 0 Å². The van der Waals surface area contributed by atoms with Crippen LogP contribution in [0.2, 0.25) is 0 Å². The van der Waals surface area contributed by atoms with Gasteiger partial charge in [0, 0.05) is 13.1 Å². The van der Waals surface area contributed by atoms with Crippen LogP contribution in [0, 0.1) is 11.3 Å². The second-order valence-electron chi connectivity index (χ2n) is 6.54. The average molecular weight is 280 g/mol. The number of nitrogens with two attached hydrogens (primary N) is 1. The average Bonchev–Trinajstić information content (AvgIpc) is 2.31. The molecule has 20 heavy (non-hydrogen) atoms. The SMILES string of the molecule is CC(C)Cn1c(N)c(NCC2(C)CCC2)c(=O)[nH]c1=O. The van der Waals surface area contributed by atoms with Crippen LogP contribution in [0.5, 0.6) is 0 Å². The Labute approximate surface area is 118 Å². The van der Waals surface area contributed by atoms with Crippen molar-refractivity contribution < 1.29 is 0 Å². The number of nitrogens with zero attached hydrogens (tertiary/aromatic N) is 1. The van der Waals surface area contributed by atoms with Crippen LogP contribution in [0.1, 0.15) is 40.0 Å². The molecule has 0 amide bonds. The standard InChI is InChI=1S/C14H24N4O2/c1-9(2)7-18-11(15)10(12(19)17-13(18)20)16-8-14(3)5-4-6-14/h9,16H,4-8,15H2,1-3H3,(H,17,19,20). The lowest BCUT2D eigenvalue weighted by molar-refractivity contribution is 0.180. The Hall–Kier alpha value is -1.72. The van der Waals surface area contributed by atoms with Gasteiger partial charge in [0.15, 0.2) is 0 Å². The van der Waals surface area contributed by atoms with Crippen molar-refractivity contribution in [3.8, 4) is 0 Å². The molecule has 0 atom stereocenters. The fraction of sp³-hybridized carbons (Fsp3) is 0.714. The number of anilines is 2. The molecule has 1 heterocycles. The number of H-pyrrole nitrogens is 1. The van der Waals surface area contributed by atoms with Gasteiger partial charge in [-0.05, 0) is 24.2 Å². The number of aromatic nitrogens is 2. The summed E-state index contributed by atoms with van der Waals surface area (Å²) in [5.41, 5.74) is 5.68. The molecular formula is C14H24N4O2. The van der Waals surface area contributed by atoms with E-state index in [9.17, 15) is 9.59 Å². The summed E-state index contributed by atoms with van der Waals surface area (Å²) in [6.45, 7) is 7.39. The monoisotopic (exact) mass is 280 g/mol. The quantitative estimate of drug-likeness (QED) is 0.759. The first kappa shape index (κ1) is 14.7. The molecular weight excluding hydrogens is 256 g/mol. The van der Waals surface area contributed by atoms with Crippen LogP contribution < -0.4 is 22.3 Å². The highest BCUT2D eigenvalue weighted by Gasteiger charge is 2.31. The predicted octanol–water partition coefficient (Wildman–Crippen LogP) is 1.38. The van der Waals surface area contributed by atoms with Crippen molar-refractivity contribution in [2.45, 2.75) is 46.6 Å². The van der Waals surface area contributed by atoms with Gasteiger partial charge in [-0.3, -0.25) is 14.3 Å². The first-order chi connectivity index (χ1) is 9.32. The minimum atomic E-state index is -0.443. The molecule has 1 aliphatic carbocycles. The van der Waals surface area contributed by atoms with Crippen molar-refractivity contribution in [1.29, 1.82) is 0 Å². The van der Waals surface area contributed by atoms with E-state index in [2.05, 4.69) is 17.2 Å². The zero-order valence-electron chi connectivity index (χ0n) is 12.5. The van der Waals surface area contributed by atoms with Crippen molar-refractivity contribution in [3.05, 3.63) is 20.8 Å². The van der Waals surface area contributed by atoms with Crippen LogP contribution in [0.3, 0.4) is 0 Å². The van der Waals surface area contributed by atoms with Crippen molar-refractivity contribution in [1.82, 2.24) is 9.55 Å². The number of nitrogens with one attached hydrogen (secondary N) is 2. The molecule has 6 heteroatoms. The summed E-state index contributed by atoms with van der Waals surface area (Å²) in [6, 6.07) is 0. The molecule has 0 saturated heterocycles. The Kier molecular flexibility index (Phi) is 3.92. The van der Waals surface area contributed by atoms with E-state index in [1.54, 1.807) is 0 Å². The van der Waals surface area contributed by atoms with Crippen molar-refractivity contribution in [2.75, 3.05) is 17.6 Å². The molecule has 1 aromatic heterocycles. The Bertz CT molecular complexity index is 596. The lowest BCUT2D eigenvalue weighted by Crippen LogP contribution is -2.38. The lowest BCUT2D eigenvalue weighted by Gasteiger charge is -2.38. The maximum Gasteiger partial charge on any atom is 0.330 e. The summed E-state index contributed by atoms with van der Waals surface area (Å²) < 4.78 is 1.43. The van der Waals surface area contributed by atoms with Crippen LogP contribution in [0.4, 0.5) is 11.5 Å². The van der Waals surface area contributed by atoms with Crippen LogP contribution in [0.15, 0.2) is 9.59 Å². The molecule has 2 rings (SSSR count). The highest BCUT2D eigenvalue weighted by Crippen LogP contribution is 2.40. The molecule has 0 bridgehead atoms. The van der Waals surface area contributed by atoms with Gasteiger partial charge >= 0.3 is 5.69 Å². The van der Waals surface area contributed by atoms with Gasteiger partial charge in [0.1, 0.15) is 11.5 Å². The third-order valence-corrected chi connectivity index (χ3v) is 4.04. The maximum atomic E-state index is 11.9. The Balaban J connectivity index is 2.27. The summed E-state index contributed by atoms with van der Waals surface area (Å²) in [7, 11) is 0. The smallest absolute Gasteiger partial charge is 0.330 e. The lowest BCUT2D eigenvalue weighted by atomic mass is 9.70. The predicted molar refractivity (Wildman–Crippen MR) is 81.0 cm³/mol. The third kappa shape index (κ3) is 2.89. The van der Waals surface area contributed by atoms with Crippen molar-refractivity contribution >= 4 is 11.5 Å². The van der Waals surface area contributed by atoms with E-state index in [1.165, 1.54) is 11.0 Å². The molecule has 1 aromatic rings. The molecule has 0 aromatic carbocycles. The molecule has 0 aliphatic heterocycles. The second-order valence-corrected chi connectivity index (χ2v) is 6.54. The Morgan fingerprint density at radius 1 is 1.40 bits per heavy atom. The van der Waals surface area contributed by atoms with Gasteiger partial charge < -0.3 is 11.1 Å². The highest BCUT2D eigenvalue weighted by molar-refractivity contribution is 5.60. The normalized spacial score (nSPS) is 17.0. The van der Waals surface area contributed by atoms with Crippen LogP contribution in [-0.2, 0) is 6.54 Å². The molecule has 1 fully saturated rings. The number of aromatic amines is 1. The van der Waals surface area contributed by atoms with E-state index < -0.39 is 11.2 Å². The number of nitrogen functional groups attached to an aromatic ring is 1. The van der Waals surface area contributed by atoms with Gasteiger partial charge in [0.2, 0.25) is 0 Å². The fourth-order valence-corrected chi connectivity index (χ4v) is 2.56. The van der Waals surface area contributed by atoms with E-state index >= 15 is 0 Å². The van der Waals surface area contributed by atoms with E-state index in [-0.39, 0.29) is 17.2 Å². The topological polar surface area (TPSA) is 92.9 Å². The van der Waals surface area contributed by atoms with Gasteiger partial charge in [-0.25, -0.2) is 4.79 Å². The van der Waals surface area contributed by atoms with Crippen LogP contribution in [-0.4, -0.2) is 16.1 Å². The first-order valence-electron chi connectivity index (χ1n) is 7.19. The summed E-state index contributed by atoms with van der Waals surface area (Å²) in [6.07, 6.45) is 3.55.